The molecule has 4 nitrogen and oxygen atoms in total. The zero-order valence-electron chi connectivity index (χ0n) is 8.74. The van der Waals surface area contributed by atoms with Gasteiger partial charge in [-0.05, 0) is 18.2 Å². The maximum Gasteiger partial charge on any atom is 0.226 e. The molecule has 0 saturated heterocycles. The number of aromatic nitrogens is 2. The summed E-state index contributed by atoms with van der Waals surface area (Å²) in [5.41, 5.74) is 1.78. The number of rotatable bonds is 2. The number of amides is 1. The molecule has 0 spiro atoms. The molecule has 0 fully saturated rings. The van der Waals surface area contributed by atoms with Crippen LogP contribution in [0.25, 0.3) is 10.9 Å². The van der Waals surface area contributed by atoms with Gasteiger partial charge in [0.15, 0.2) is 0 Å². The summed E-state index contributed by atoms with van der Waals surface area (Å²) in [4.78, 5) is 11.5. The van der Waals surface area contributed by atoms with E-state index in [9.17, 15) is 4.79 Å². The Morgan fingerprint density at radius 2 is 2.27 bits per heavy atom. The molecule has 0 aliphatic carbocycles. The van der Waals surface area contributed by atoms with Crippen molar-refractivity contribution in [1.82, 2.24) is 10.2 Å². The quantitative estimate of drug-likeness (QED) is 0.785. The number of hydrogen-bond donors (Lipinski definition) is 2. The van der Waals surface area contributed by atoms with Crippen LogP contribution in [0.1, 0.15) is 13.8 Å². The third-order valence-corrected chi connectivity index (χ3v) is 2.23. The van der Waals surface area contributed by atoms with Crippen molar-refractivity contribution in [2.45, 2.75) is 13.8 Å². The average Bonchev–Trinajstić information content (AvgIpc) is 2.64. The Labute approximate surface area is 87.7 Å². The fraction of sp³-hybridized carbons (Fsp3) is 0.273. The summed E-state index contributed by atoms with van der Waals surface area (Å²) in [5, 5.41) is 10.6. The summed E-state index contributed by atoms with van der Waals surface area (Å²) in [6.45, 7) is 3.73. The van der Waals surface area contributed by atoms with Gasteiger partial charge in [-0.25, -0.2) is 0 Å². The summed E-state index contributed by atoms with van der Waals surface area (Å²) in [6.07, 6.45) is 1.74. The molecule has 0 radical (unpaired) electrons. The second-order valence-electron chi connectivity index (χ2n) is 3.82. The van der Waals surface area contributed by atoms with Gasteiger partial charge in [0.25, 0.3) is 0 Å². The first-order valence-electron chi connectivity index (χ1n) is 4.91. The van der Waals surface area contributed by atoms with E-state index in [-0.39, 0.29) is 11.8 Å². The van der Waals surface area contributed by atoms with Crippen molar-refractivity contribution < 1.29 is 4.79 Å². The normalized spacial score (nSPS) is 10.9. The first kappa shape index (κ1) is 9.71. The molecule has 0 atom stereocenters. The van der Waals surface area contributed by atoms with Crippen molar-refractivity contribution in [2.24, 2.45) is 5.92 Å². The summed E-state index contributed by atoms with van der Waals surface area (Å²) in [5.74, 6) is 0.0166. The number of hydrogen-bond acceptors (Lipinski definition) is 2. The highest BCUT2D eigenvalue weighted by Gasteiger charge is 2.07. The van der Waals surface area contributed by atoms with Gasteiger partial charge in [-0.3, -0.25) is 9.89 Å². The molecule has 4 heteroatoms. The van der Waals surface area contributed by atoms with E-state index < -0.39 is 0 Å². The number of nitrogens with one attached hydrogen (secondary N) is 2. The second-order valence-corrected chi connectivity index (χ2v) is 3.82. The van der Waals surface area contributed by atoms with E-state index in [1.807, 2.05) is 32.0 Å². The molecule has 2 aromatic rings. The standard InChI is InChI=1S/C11H13N3O/c1-7(2)11(15)13-9-3-4-10-8(5-9)6-12-14-10/h3-7H,1-2H3,(H,12,14)(H,13,15). The van der Waals surface area contributed by atoms with Gasteiger partial charge in [-0.15, -0.1) is 0 Å². The van der Waals surface area contributed by atoms with Gasteiger partial charge in [0.05, 0.1) is 11.7 Å². The maximum atomic E-state index is 11.5. The number of aromatic amines is 1. The fourth-order valence-corrected chi connectivity index (χ4v) is 1.31. The summed E-state index contributed by atoms with van der Waals surface area (Å²) in [7, 11) is 0. The first-order chi connectivity index (χ1) is 7.16. The molecule has 0 unspecified atom stereocenters. The van der Waals surface area contributed by atoms with Crippen LogP contribution < -0.4 is 5.32 Å². The van der Waals surface area contributed by atoms with Gasteiger partial charge in [0, 0.05) is 17.0 Å². The Bertz CT molecular complexity index is 487. The molecule has 1 aromatic carbocycles. The molecule has 0 saturated carbocycles. The first-order valence-corrected chi connectivity index (χ1v) is 4.91. The van der Waals surface area contributed by atoms with E-state index in [4.69, 9.17) is 0 Å². The summed E-state index contributed by atoms with van der Waals surface area (Å²) >= 11 is 0. The minimum absolute atomic E-state index is 0.00922. The van der Waals surface area contributed by atoms with Crippen LogP contribution in [0.2, 0.25) is 0 Å². The molecule has 0 bridgehead atoms. The summed E-state index contributed by atoms with van der Waals surface area (Å²) < 4.78 is 0. The predicted octanol–water partition coefficient (Wildman–Crippen LogP) is 2.16. The third-order valence-electron chi connectivity index (χ3n) is 2.23. The van der Waals surface area contributed by atoms with Gasteiger partial charge >= 0.3 is 0 Å². The number of carbonyl (C=O) groups is 1. The molecular weight excluding hydrogens is 190 g/mol. The monoisotopic (exact) mass is 203 g/mol. The largest absolute Gasteiger partial charge is 0.326 e. The summed E-state index contributed by atoms with van der Waals surface area (Å²) in [6, 6.07) is 5.66. The fourth-order valence-electron chi connectivity index (χ4n) is 1.31. The van der Waals surface area contributed by atoms with Gasteiger partial charge in [0.2, 0.25) is 5.91 Å². The highest BCUT2D eigenvalue weighted by molar-refractivity contribution is 5.94. The van der Waals surface area contributed by atoms with Crippen LogP contribution in [0.3, 0.4) is 0 Å². The van der Waals surface area contributed by atoms with Gasteiger partial charge in [0.1, 0.15) is 0 Å². The van der Waals surface area contributed by atoms with E-state index in [2.05, 4.69) is 15.5 Å². The topological polar surface area (TPSA) is 57.8 Å². The van der Waals surface area contributed by atoms with Crippen LogP contribution in [0, 0.1) is 5.92 Å². The molecule has 2 N–H and O–H groups in total. The minimum Gasteiger partial charge on any atom is -0.326 e. The number of fused-ring (bicyclic) bond motifs is 1. The van der Waals surface area contributed by atoms with E-state index >= 15 is 0 Å². The highest BCUT2D eigenvalue weighted by Crippen LogP contribution is 2.17. The molecule has 0 aliphatic heterocycles. The van der Waals surface area contributed by atoms with Crippen LogP contribution in [0.4, 0.5) is 5.69 Å². The maximum absolute atomic E-state index is 11.5. The predicted molar refractivity (Wildman–Crippen MR) is 59.6 cm³/mol. The Morgan fingerprint density at radius 3 is 3.00 bits per heavy atom. The SMILES string of the molecule is CC(C)C(=O)Nc1ccc2[nH]ncc2c1. The lowest BCUT2D eigenvalue weighted by atomic mass is 10.2. The van der Waals surface area contributed by atoms with Crippen molar-refractivity contribution in [1.29, 1.82) is 0 Å². The molecule has 2 rings (SSSR count). The van der Waals surface area contributed by atoms with Crippen molar-refractivity contribution in [3.8, 4) is 0 Å². The van der Waals surface area contributed by atoms with Crippen LogP contribution in [-0.4, -0.2) is 16.1 Å². The van der Waals surface area contributed by atoms with Crippen molar-refractivity contribution in [3.63, 3.8) is 0 Å². The Morgan fingerprint density at radius 1 is 1.47 bits per heavy atom. The van der Waals surface area contributed by atoms with Gasteiger partial charge < -0.3 is 5.32 Å². The van der Waals surface area contributed by atoms with E-state index in [0.717, 1.165) is 16.6 Å². The zero-order chi connectivity index (χ0) is 10.8. The second kappa shape index (κ2) is 3.73. The molecule has 15 heavy (non-hydrogen) atoms. The number of carbonyl (C=O) groups excluding carboxylic acids is 1. The zero-order valence-corrected chi connectivity index (χ0v) is 8.74. The molecule has 1 heterocycles. The van der Waals surface area contributed by atoms with Crippen molar-refractivity contribution in [3.05, 3.63) is 24.4 Å². The average molecular weight is 203 g/mol. The molecule has 78 valence electrons. The molecule has 0 aliphatic rings. The smallest absolute Gasteiger partial charge is 0.226 e. The van der Waals surface area contributed by atoms with E-state index in [0.29, 0.717) is 0 Å². The van der Waals surface area contributed by atoms with E-state index in [1.165, 1.54) is 0 Å². The number of benzene rings is 1. The molecular formula is C11H13N3O. The number of anilines is 1. The minimum atomic E-state index is -0.00922. The lowest BCUT2D eigenvalue weighted by Gasteiger charge is -2.07. The van der Waals surface area contributed by atoms with Crippen LogP contribution >= 0.6 is 0 Å². The Balaban J connectivity index is 2.25. The highest BCUT2D eigenvalue weighted by atomic mass is 16.1. The van der Waals surface area contributed by atoms with Crippen molar-refractivity contribution in [2.75, 3.05) is 5.32 Å². The van der Waals surface area contributed by atoms with Crippen LogP contribution in [-0.2, 0) is 4.79 Å². The van der Waals surface area contributed by atoms with Crippen LogP contribution in [0.15, 0.2) is 24.4 Å². The van der Waals surface area contributed by atoms with Gasteiger partial charge in [-0.1, -0.05) is 13.8 Å². The van der Waals surface area contributed by atoms with E-state index in [1.54, 1.807) is 6.20 Å². The third kappa shape index (κ3) is 1.98. The lowest BCUT2D eigenvalue weighted by Crippen LogP contribution is -2.17. The molecule has 1 aromatic heterocycles. The number of H-pyrrole nitrogens is 1. The Hall–Kier alpha value is -1.84. The lowest BCUT2D eigenvalue weighted by molar-refractivity contribution is -0.118. The Kier molecular flexibility index (Phi) is 2.41. The van der Waals surface area contributed by atoms with Crippen molar-refractivity contribution >= 4 is 22.5 Å². The van der Waals surface area contributed by atoms with Gasteiger partial charge in [-0.2, -0.15) is 5.10 Å². The van der Waals surface area contributed by atoms with Crippen LogP contribution in [0.5, 0.6) is 0 Å². The number of nitrogens with zero attached hydrogens (tertiary/aromatic N) is 1. The molecule has 1 amide bonds.